The third-order valence-corrected chi connectivity index (χ3v) is 2.86. The van der Waals surface area contributed by atoms with E-state index in [2.05, 4.69) is 5.10 Å². The van der Waals surface area contributed by atoms with Crippen LogP contribution in [0.5, 0.6) is 5.75 Å². The normalized spacial score (nSPS) is 10.4. The number of aromatic nitrogens is 2. The van der Waals surface area contributed by atoms with Gasteiger partial charge in [0, 0.05) is 11.3 Å². The van der Waals surface area contributed by atoms with Crippen molar-refractivity contribution in [3.8, 4) is 11.4 Å². The van der Waals surface area contributed by atoms with Crippen LogP contribution in [-0.2, 0) is 5.88 Å². The molecular weight excluding hydrogens is 224 g/mol. The minimum atomic E-state index is 0.488. The summed E-state index contributed by atoms with van der Waals surface area (Å²) in [4.78, 5) is 0. The predicted octanol–water partition coefficient (Wildman–Crippen LogP) is 2.93. The number of nitrogens with zero attached hydrogens (tertiary/aromatic N) is 2. The highest BCUT2D eigenvalue weighted by Gasteiger charge is 2.06. The Hall–Kier alpha value is -1.48. The lowest BCUT2D eigenvalue weighted by Gasteiger charge is -2.06. The van der Waals surface area contributed by atoms with Crippen LogP contribution in [0.4, 0.5) is 0 Å². The van der Waals surface area contributed by atoms with Crippen molar-refractivity contribution in [2.75, 3.05) is 7.11 Å². The van der Waals surface area contributed by atoms with Gasteiger partial charge in [-0.15, -0.1) is 11.6 Å². The van der Waals surface area contributed by atoms with Crippen molar-refractivity contribution in [2.24, 2.45) is 0 Å². The topological polar surface area (TPSA) is 27.1 Å². The zero-order valence-corrected chi connectivity index (χ0v) is 10.0. The minimum absolute atomic E-state index is 0.488. The second-order valence-electron chi connectivity index (χ2n) is 3.50. The van der Waals surface area contributed by atoms with Crippen molar-refractivity contribution < 1.29 is 4.74 Å². The molecule has 2 rings (SSSR count). The summed E-state index contributed by atoms with van der Waals surface area (Å²) in [7, 11) is 1.65. The minimum Gasteiger partial charge on any atom is -0.497 e. The fourth-order valence-electron chi connectivity index (χ4n) is 1.56. The van der Waals surface area contributed by atoms with E-state index in [0.717, 1.165) is 22.7 Å². The molecule has 84 valence electrons. The highest BCUT2D eigenvalue weighted by atomic mass is 35.5. The van der Waals surface area contributed by atoms with Crippen LogP contribution in [0, 0.1) is 6.92 Å². The molecule has 0 aliphatic carbocycles. The summed E-state index contributed by atoms with van der Waals surface area (Å²) in [5.74, 6) is 1.33. The van der Waals surface area contributed by atoms with Gasteiger partial charge in [0.05, 0.1) is 24.9 Å². The lowest BCUT2D eigenvalue weighted by atomic mass is 10.2. The molecule has 0 aliphatic rings. The van der Waals surface area contributed by atoms with Crippen LogP contribution in [0.15, 0.2) is 30.5 Å². The molecular formula is C12H13ClN2O. The van der Waals surface area contributed by atoms with Gasteiger partial charge < -0.3 is 4.74 Å². The van der Waals surface area contributed by atoms with Crippen LogP contribution in [0.2, 0.25) is 0 Å². The maximum atomic E-state index is 5.81. The maximum Gasteiger partial charge on any atom is 0.119 e. The lowest BCUT2D eigenvalue weighted by molar-refractivity contribution is 0.414. The van der Waals surface area contributed by atoms with Crippen molar-refractivity contribution in [1.82, 2.24) is 9.78 Å². The molecule has 0 fully saturated rings. The summed E-state index contributed by atoms with van der Waals surface area (Å²) in [5, 5.41) is 4.30. The summed E-state index contributed by atoms with van der Waals surface area (Å²) in [6.45, 7) is 2.01. The van der Waals surface area contributed by atoms with Gasteiger partial charge in [-0.05, 0) is 31.2 Å². The molecule has 3 nitrogen and oxygen atoms in total. The molecule has 0 bridgehead atoms. The van der Waals surface area contributed by atoms with E-state index in [0.29, 0.717) is 5.88 Å². The quantitative estimate of drug-likeness (QED) is 0.767. The molecule has 0 N–H and O–H groups in total. The number of ether oxygens (including phenoxy) is 1. The standard InChI is InChI=1S/C12H13ClN2O/c1-9-10(7-13)8-14-15(9)11-3-5-12(16-2)6-4-11/h3-6,8H,7H2,1-2H3. The van der Waals surface area contributed by atoms with E-state index in [1.807, 2.05) is 35.9 Å². The van der Waals surface area contributed by atoms with Gasteiger partial charge in [0.2, 0.25) is 0 Å². The fourth-order valence-corrected chi connectivity index (χ4v) is 1.82. The average molecular weight is 237 g/mol. The third-order valence-electron chi connectivity index (χ3n) is 2.57. The van der Waals surface area contributed by atoms with Crippen molar-refractivity contribution >= 4 is 11.6 Å². The number of benzene rings is 1. The second-order valence-corrected chi connectivity index (χ2v) is 3.77. The SMILES string of the molecule is COc1ccc(-n2ncc(CCl)c2C)cc1. The predicted molar refractivity (Wildman–Crippen MR) is 64.4 cm³/mol. The van der Waals surface area contributed by atoms with E-state index in [1.165, 1.54) is 0 Å². The van der Waals surface area contributed by atoms with E-state index in [4.69, 9.17) is 16.3 Å². The molecule has 0 unspecified atom stereocenters. The number of alkyl halides is 1. The number of methoxy groups -OCH3 is 1. The van der Waals surface area contributed by atoms with Crippen LogP contribution in [0.25, 0.3) is 5.69 Å². The highest BCUT2D eigenvalue weighted by molar-refractivity contribution is 6.17. The van der Waals surface area contributed by atoms with E-state index in [-0.39, 0.29) is 0 Å². The molecule has 2 aromatic rings. The summed E-state index contributed by atoms with van der Waals surface area (Å²) in [6.07, 6.45) is 1.80. The Morgan fingerprint density at radius 2 is 2.00 bits per heavy atom. The average Bonchev–Trinajstić information content (AvgIpc) is 2.70. The molecule has 1 heterocycles. The van der Waals surface area contributed by atoms with Crippen molar-refractivity contribution in [3.05, 3.63) is 41.7 Å². The number of hydrogen-bond acceptors (Lipinski definition) is 2. The first-order valence-electron chi connectivity index (χ1n) is 5.00. The number of hydrogen-bond donors (Lipinski definition) is 0. The van der Waals surface area contributed by atoms with Crippen LogP contribution in [-0.4, -0.2) is 16.9 Å². The Balaban J connectivity index is 2.38. The van der Waals surface area contributed by atoms with Crippen molar-refractivity contribution in [2.45, 2.75) is 12.8 Å². The Bertz CT molecular complexity index is 476. The van der Waals surface area contributed by atoms with Crippen molar-refractivity contribution in [1.29, 1.82) is 0 Å². The smallest absolute Gasteiger partial charge is 0.119 e. The van der Waals surface area contributed by atoms with Gasteiger partial charge in [-0.3, -0.25) is 0 Å². The molecule has 4 heteroatoms. The van der Waals surface area contributed by atoms with Gasteiger partial charge in [-0.25, -0.2) is 4.68 Å². The second kappa shape index (κ2) is 4.58. The molecule has 0 saturated carbocycles. The first kappa shape index (κ1) is 11.0. The molecule has 0 radical (unpaired) electrons. The molecule has 1 aromatic carbocycles. The van der Waals surface area contributed by atoms with E-state index in [1.54, 1.807) is 13.3 Å². The summed E-state index contributed by atoms with van der Waals surface area (Å²) in [6, 6.07) is 7.77. The van der Waals surface area contributed by atoms with Gasteiger partial charge in [0.15, 0.2) is 0 Å². The van der Waals surface area contributed by atoms with Crippen LogP contribution < -0.4 is 4.74 Å². The molecule has 0 spiro atoms. The van der Waals surface area contributed by atoms with Gasteiger partial charge in [-0.2, -0.15) is 5.10 Å². The first-order chi connectivity index (χ1) is 7.76. The third kappa shape index (κ3) is 1.91. The molecule has 0 atom stereocenters. The van der Waals surface area contributed by atoms with E-state index < -0.39 is 0 Å². The van der Waals surface area contributed by atoms with Gasteiger partial charge in [-0.1, -0.05) is 0 Å². The maximum absolute atomic E-state index is 5.81. The van der Waals surface area contributed by atoms with Crippen molar-refractivity contribution in [3.63, 3.8) is 0 Å². The molecule has 0 aliphatic heterocycles. The lowest BCUT2D eigenvalue weighted by Crippen LogP contribution is -1.99. The van der Waals surface area contributed by atoms with Crippen LogP contribution >= 0.6 is 11.6 Å². The van der Waals surface area contributed by atoms with Crippen LogP contribution in [0.3, 0.4) is 0 Å². The van der Waals surface area contributed by atoms with Gasteiger partial charge >= 0.3 is 0 Å². The van der Waals surface area contributed by atoms with E-state index >= 15 is 0 Å². The number of rotatable bonds is 3. The summed E-state index contributed by atoms with van der Waals surface area (Å²) >= 11 is 5.81. The Kier molecular flexibility index (Phi) is 3.15. The Labute approximate surface area is 99.6 Å². The van der Waals surface area contributed by atoms with Gasteiger partial charge in [0.25, 0.3) is 0 Å². The zero-order valence-electron chi connectivity index (χ0n) is 9.27. The molecule has 0 amide bonds. The van der Waals surface area contributed by atoms with Gasteiger partial charge in [0.1, 0.15) is 5.75 Å². The number of halogens is 1. The molecule has 1 aromatic heterocycles. The first-order valence-corrected chi connectivity index (χ1v) is 5.53. The van der Waals surface area contributed by atoms with E-state index in [9.17, 15) is 0 Å². The van der Waals surface area contributed by atoms with Crippen LogP contribution in [0.1, 0.15) is 11.3 Å². The Morgan fingerprint density at radius 3 is 2.50 bits per heavy atom. The Morgan fingerprint density at radius 1 is 1.31 bits per heavy atom. The zero-order chi connectivity index (χ0) is 11.5. The largest absolute Gasteiger partial charge is 0.497 e. The monoisotopic (exact) mass is 236 g/mol. The molecule has 16 heavy (non-hydrogen) atoms. The molecule has 0 saturated heterocycles. The summed E-state index contributed by atoms with van der Waals surface area (Å²) in [5.41, 5.74) is 3.13. The fraction of sp³-hybridized carbons (Fsp3) is 0.250. The summed E-state index contributed by atoms with van der Waals surface area (Å²) < 4.78 is 6.98. The highest BCUT2D eigenvalue weighted by Crippen LogP contribution is 2.18.